The summed E-state index contributed by atoms with van der Waals surface area (Å²) in [6.07, 6.45) is 2.54. The average Bonchev–Trinajstić information content (AvgIpc) is 3.06. The molecule has 1 fully saturated rings. The van der Waals surface area contributed by atoms with Crippen LogP contribution in [-0.2, 0) is 16.0 Å². The number of carboxylic acids is 1. The lowest BCUT2D eigenvalue weighted by atomic mass is 9.99. The van der Waals surface area contributed by atoms with Crippen molar-refractivity contribution in [3.8, 4) is 0 Å². The van der Waals surface area contributed by atoms with Crippen molar-refractivity contribution in [2.24, 2.45) is 0 Å². The summed E-state index contributed by atoms with van der Waals surface area (Å²) in [5.74, 6) is -1.01. The molecule has 0 radical (unpaired) electrons. The van der Waals surface area contributed by atoms with Gasteiger partial charge in [0.15, 0.2) is 6.04 Å². The molecule has 1 aromatic rings. The van der Waals surface area contributed by atoms with Gasteiger partial charge in [0.2, 0.25) is 5.91 Å². The van der Waals surface area contributed by atoms with Crippen molar-refractivity contribution in [1.29, 1.82) is 0 Å². The molecule has 1 saturated heterocycles. The van der Waals surface area contributed by atoms with E-state index < -0.39 is 12.0 Å². The SMILES string of the molecule is O=C(O)C1c2ccsc2CCN1C(=O)[C@H]1CCCN1. The second-order valence-corrected chi connectivity index (χ2v) is 5.97. The van der Waals surface area contributed by atoms with Gasteiger partial charge in [-0.25, -0.2) is 4.79 Å². The van der Waals surface area contributed by atoms with Crippen molar-refractivity contribution in [2.45, 2.75) is 31.3 Å². The number of amides is 1. The van der Waals surface area contributed by atoms with Gasteiger partial charge in [-0.05, 0) is 42.8 Å². The number of nitrogens with one attached hydrogen (secondary N) is 1. The van der Waals surface area contributed by atoms with Crippen LogP contribution in [0.5, 0.6) is 0 Å². The maximum atomic E-state index is 12.5. The molecule has 2 aliphatic heterocycles. The summed E-state index contributed by atoms with van der Waals surface area (Å²) in [5.41, 5.74) is 0.787. The third-order valence-corrected chi connectivity index (χ3v) is 4.84. The number of rotatable bonds is 2. The van der Waals surface area contributed by atoms with E-state index in [9.17, 15) is 14.7 Å². The summed E-state index contributed by atoms with van der Waals surface area (Å²) < 4.78 is 0. The molecular weight excluding hydrogens is 264 g/mol. The molecule has 2 N–H and O–H groups in total. The minimum Gasteiger partial charge on any atom is -0.479 e. The molecule has 3 rings (SSSR count). The van der Waals surface area contributed by atoms with Crippen LogP contribution in [0.4, 0.5) is 0 Å². The highest BCUT2D eigenvalue weighted by Crippen LogP contribution is 2.34. The van der Waals surface area contributed by atoms with Crippen LogP contribution in [0.1, 0.15) is 29.3 Å². The second kappa shape index (κ2) is 4.94. The van der Waals surface area contributed by atoms with Crippen LogP contribution in [0.3, 0.4) is 0 Å². The Morgan fingerprint density at radius 3 is 3.00 bits per heavy atom. The summed E-state index contributed by atoms with van der Waals surface area (Å²) in [7, 11) is 0. The lowest BCUT2D eigenvalue weighted by Crippen LogP contribution is -2.49. The van der Waals surface area contributed by atoms with Gasteiger partial charge in [0, 0.05) is 11.4 Å². The number of hydrogen-bond acceptors (Lipinski definition) is 4. The molecule has 1 unspecified atom stereocenters. The highest BCUT2D eigenvalue weighted by atomic mass is 32.1. The van der Waals surface area contributed by atoms with E-state index in [0.717, 1.165) is 36.2 Å². The molecule has 1 amide bonds. The Morgan fingerprint density at radius 2 is 2.32 bits per heavy atom. The second-order valence-electron chi connectivity index (χ2n) is 4.97. The number of carbonyl (C=O) groups is 2. The molecule has 102 valence electrons. The summed E-state index contributed by atoms with van der Waals surface area (Å²) in [6, 6.07) is 0.812. The normalized spacial score (nSPS) is 26.2. The van der Waals surface area contributed by atoms with E-state index in [1.165, 1.54) is 4.90 Å². The standard InChI is InChI=1S/C13H16N2O3S/c16-12(9-2-1-5-14-9)15-6-3-10-8(4-7-19-10)11(15)13(17)18/h4,7,9,11,14H,1-3,5-6H2,(H,17,18)/t9-,11?/m1/s1. The largest absolute Gasteiger partial charge is 0.479 e. The number of carbonyl (C=O) groups excluding carboxylic acids is 1. The van der Waals surface area contributed by atoms with Crippen LogP contribution >= 0.6 is 11.3 Å². The van der Waals surface area contributed by atoms with Crippen LogP contribution in [-0.4, -0.2) is 41.0 Å². The topological polar surface area (TPSA) is 69.6 Å². The van der Waals surface area contributed by atoms with E-state index in [4.69, 9.17) is 0 Å². The number of aliphatic carboxylic acids is 1. The van der Waals surface area contributed by atoms with Crippen LogP contribution < -0.4 is 5.32 Å². The summed E-state index contributed by atoms with van der Waals surface area (Å²) in [5, 5.41) is 14.5. The van der Waals surface area contributed by atoms with Crippen molar-refractivity contribution < 1.29 is 14.7 Å². The zero-order valence-corrected chi connectivity index (χ0v) is 11.3. The molecule has 2 aliphatic rings. The van der Waals surface area contributed by atoms with Crippen molar-refractivity contribution in [2.75, 3.05) is 13.1 Å². The molecule has 0 spiro atoms. The van der Waals surface area contributed by atoms with Crippen molar-refractivity contribution in [1.82, 2.24) is 10.2 Å². The quantitative estimate of drug-likeness (QED) is 0.848. The van der Waals surface area contributed by atoms with Gasteiger partial charge < -0.3 is 15.3 Å². The summed E-state index contributed by atoms with van der Waals surface area (Å²) in [6.45, 7) is 1.34. The zero-order valence-electron chi connectivity index (χ0n) is 10.5. The van der Waals surface area contributed by atoms with Gasteiger partial charge in [-0.1, -0.05) is 0 Å². The van der Waals surface area contributed by atoms with E-state index in [1.807, 2.05) is 11.4 Å². The summed E-state index contributed by atoms with van der Waals surface area (Å²) >= 11 is 1.58. The molecule has 19 heavy (non-hydrogen) atoms. The van der Waals surface area contributed by atoms with Crippen molar-refractivity contribution in [3.63, 3.8) is 0 Å². The summed E-state index contributed by atoms with van der Waals surface area (Å²) in [4.78, 5) is 26.6. The van der Waals surface area contributed by atoms with Gasteiger partial charge in [-0.3, -0.25) is 4.79 Å². The molecule has 1 aromatic heterocycles. The first-order valence-corrected chi connectivity index (χ1v) is 7.39. The monoisotopic (exact) mass is 280 g/mol. The molecule has 0 bridgehead atoms. The molecule has 0 saturated carbocycles. The molecule has 3 heterocycles. The Bertz CT molecular complexity index is 508. The van der Waals surface area contributed by atoms with E-state index in [0.29, 0.717) is 6.54 Å². The smallest absolute Gasteiger partial charge is 0.331 e. The Balaban J connectivity index is 1.89. The third-order valence-electron chi connectivity index (χ3n) is 3.84. The van der Waals surface area contributed by atoms with Crippen LogP contribution in [0.2, 0.25) is 0 Å². The fraction of sp³-hybridized carbons (Fsp3) is 0.538. The molecule has 2 atom stereocenters. The number of fused-ring (bicyclic) bond motifs is 1. The van der Waals surface area contributed by atoms with Gasteiger partial charge in [0.25, 0.3) is 0 Å². The molecule has 0 aliphatic carbocycles. The van der Waals surface area contributed by atoms with Gasteiger partial charge in [-0.15, -0.1) is 11.3 Å². The number of nitrogens with zero attached hydrogens (tertiary/aromatic N) is 1. The number of carboxylic acid groups (broad SMARTS) is 1. The Hall–Kier alpha value is -1.40. The van der Waals surface area contributed by atoms with Crippen molar-refractivity contribution >= 4 is 23.2 Å². The highest BCUT2D eigenvalue weighted by molar-refractivity contribution is 7.10. The van der Waals surface area contributed by atoms with E-state index >= 15 is 0 Å². The molecule has 5 nitrogen and oxygen atoms in total. The van der Waals surface area contributed by atoms with Gasteiger partial charge in [-0.2, -0.15) is 0 Å². The average molecular weight is 280 g/mol. The lowest BCUT2D eigenvalue weighted by molar-refractivity contribution is -0.152. The van der Waals surface area contributed by atoms with Crippen LogP contribution in [0, 0.1) is 0 Å². The Morgan fingerprint density at radius 1 is 1.47 bits per heavy atom. The van der Waals surface area contributed by atoms with Gasteiger partial charge >= 0.3 is 5.97 Å². The van der Waals surface area contributed by atoms with E-state index in [2.05, 4.69) is 5.32 Å². The highest BCUT2D eigenvalue weighted by Gasteiger charge is 2.39. The van der Waals surface area contributed by atoms with Crippen LogP contribution in [0.25, 0.3) is 0 Å². The van der Waals surface area contributed by atoms with Gasteiger partial charge in [0.05, 0.1) is 6.04 Å². The minimum absolute atomic E-state index is 0.0678. The Kier molecular flexibility index (Phi) is 3.28. The Labute approximate surface area is 115 Å². The fourth-order valence-electron chi connectivity index (χ4n) is 2.92. The minimum atomic E-state index is -0.939. The maximum absolute atomic E-state index is 12.5. The van der Waals surface area contributed by atoms with Crippen LogP contribution in [0.15, 0.2) is 11.4 Å². The molecular formula is C13H16N2O3S. The van der Waals surface area contributed by atoms with Gasteiger partial charge in [0.1, 0.15) is 0 Å². The molecule has 6 heteroatoms. The number of hydrogen-bond donors (Lipinski definition) is 2. The van der Waals surface area contributed by atoms with E-state index in [1.54, 1.807) is 11.3 Å². The first-order chi connectivity index (χ1) is 9.18. The first-order valence-electron chi connectivity index (χ1n) is 6.51. The van der Waals surface area contributed by atoms with Crippen molar-refractivity contribution in [3.05, 3.63) is 21.9 Å². The predicted molar refractivity (Wildman–Crippen MR) is 71.1 cm³/mol. The first kappa shape index (κ1) is 12.6. The number of thiophene rings is 1. The third kappa shape index (κ3) is 2.15. The maximum Gasteiger partial charge on any atom is 0.331 e. The predicted octanol–water partition coefficient (Wildman–Crippen LogP) is 1.01. The fourth-order valence-corrected chi connectivity index (χ4v) is 3.82. The lowest BCUT2D eigenvalue weighted by Gasteiger charge is -2.34. The van der Waals surface area contributed by atoms with E-state index in [-0.39, 0.29) is 11.9 Å². The zero-order chi connectivity index (χ0) is 13.4. The molecule has 0 aromatic carbocycles.